The van der Waals surface area contributed by atoms with Crippen LogP contribution in [0.15, 0.2) is 55.0 Å². The molecule has 1 aromatic carbocycles. The maximum atomic E-state index is 5.69. The van der Waals surface area contributed by atoms with Gasteiger partial charge >= 0.3 is 0 Å². The molecule has 3 aromatic heterocycles. The van der Waals surface area contributed by atoms with E-state index in [9.17, 15) is 0 Å². The maximum absolute atomic E-state index is 5.69. The minimum atomic E-state index is -0.0981. The number of hydrogen-bond donors (Lipinski definition) is 2. The first-order valence-electron chi connectivity index (χ1n) is 8.21. The van der Waals surface area contributed by atoms with E-state index >= 15 is 0 Å². The number of rotatable bonds is 4. The van der Waals surface area contributed by atoms with Gasteiger partial charge in [-0.05, 0) is 23.8 Å². The van der Waals surface area contributed by atoms with Crippen molar-refractivity contribution in [2.45, 2.75) is 25.8 Å². The fraction of sp³-hybridized carbons (Fsp3) is 0.211. The molecule has 0 amide bonds. The third-order valence-corrected chi connectivity index (χ3v) is 4.46. The zero-order valence-corrected chi connectivity index (χ0v) is 14.3. The van der Waals surface area contributed by atoms with E-state index in [-0.39, 0.29) is 5.41 Å². The van der Waals surface area contributed by atoms with Crippen LogP contribution in [0.1, 0.15) is 19.4 Å². The van der Waals surface area contributed by atoms with Crippen LogP contribution < -0.4 is 5.73 Å². The second kappa shape index (κ2) is 5.73. The second-order valence-corrected chi connectivity index (χ2v) is 6.91. The first kappa shape index (κ1) is 15.4. The van der Waals surface area contributed by atoms with Gasteiger partial charge in [0.25, 0.3) is 0 Å². The van der Waals surface area contributed by atoms with Crippen LogP contribution in [-0.2, 0) is 12.0 Å². The summed E-state index contributed by atoms with van der Waals surface area (Å²) in [6.45, 7) is 5.15. The molecule has 0 fully saturated rings. The molecule has 0 spiro atoms. The smallest absolute Gasteiger partial charge is 0.131 e. The number of H-pyrrole nitrogens is 1. The molecule has 0 aliphatic rings. The first-order chi connectivity index (χ1) is 12.0. The van der Waals surface area contributed by atoms with Crippen LogP contribution in [0.5, 0.6) is 0 Å². The molecular weight excluding hydrogens is 312 g/mol. The highest BCUT2D eigenvalue weighted by atomic mass is 15.4. The number of fused-ring (bicyclic) bond motifs is 1. The summed E-state index contributed by atoms with van der Waals surface area (Å²) in [6.07, 6.45) is 5.64. The number of anilines is 1. The summed E-state index contributed by atoms with van der Waals surface area (Å²) in [7, 11) is 0. The summed E-state index contributed by atoms with van der Waals surface area (Å²) < 4.78 is 1.87. The van der Waals surface area contributed by atoms with Crippen molar-refractivity contribution in [2.75, 3.05) is 5.73 Å². The van der Waals surface area contributed by atoms with E-state index < -0.39 is 0 Å². The Kier molecular flexibility index (Phi) is 3.53. The molecule has 0 unspecified atom stereocenters. The van der Waals surface area contributed by atoms with E-state index in [1.807, 2.05) is 29.1 Å². The highest BCUT2D eigenvalue weighted by Gasteiger charge is 2.25. The zero-order chi connectivity index (χ0) is 17.4. The summed E-state index contributed by atoms with van der Waals surface area (Å²) in [4.78, 5) is 7.65. The first-order valence-corrected chi connectivity index (χ1v) is 8.21. The lowest BCUT2D eigenvalue weighted by Gasteiger charge is -2.24. The number of nitrogens with zero attached hydrogens (tertiary/aromatic N) is 4. The molecule has 25 heavy (non-hydrogen) atoms. The van der Waals surface area contributed by atoms with Gasteiger partial charge < -0.3 is 10.7 Å². The van der Waals surface area contributed by atoms with E-state index in [2.05, 4.69) is 58.5 Å². The molecular formula is C19H20N6. The number of para-hydroxylation sites is 1. The molecule has 0 aliphatic heterocycles. The molecule has 0 bridgehead atoms. The molecule has 0 saturated carbocycles. The molecule has 4 rings (SSSR count). The van der Waals surface area contributed by atoms with E-state index in [1.54, 1.807) is 6.20 Å². The monoisotopic (exact) mass is 332 g/mol. The van der Waals surface area contributed by atoms with E-state index in [0.717, 1.165) is 23.4 Å². The average molecular weight is 332 g/mol. The number of nitrogens with two attached hydrogens (primary N) is 1. The van der Waals surface area contributed by atoms with Crippen molar-refractivity contribution in [3.8, 4) is 11.4 Å². The number of nitrogens with one attached hydrogen (secondary N) is 1. The number of nitrogen functional groups attached to an aromatic ring is 1. The van der Waals surface area contributed by atoms with Crippen molar-refractivity contribution in [1.29, 1.82) is 0 Å². The van der Waals surface area contributed by atoms with Crippen molar-refractivity contribution in [3.05, 3.63) is 60.6 Å². The van der Waals surface area contributed by atoms with Crippen molar-refractivity contribution < 1.29 is 0 Å². The lowest BCUT2D eigenvalue weighted by atomic mass is 9.84. The Morgan fingerprint density at radius 2 is 1.96 bits per heavy atom. The molecule has 3 N–H and O–H groups in total. The standard InChI is InChI=1S/C19H20N6/c1-19(2,15-10-22-16-6-4-3-5-14(15)16)12-25-11-18(23-24-25)17-8-7-13(20)9-21-17/h3-11,22H,12,20H2,1-2H3. The number of pyridine rings is 1. The molecule has 3 heterocycles. The van der Waals surface area contributed by atoms with Gasteiger partial charge in [0.2, 0.25) is 0 Å². The van der Waals surface area contributed by atoms with Gasteiger partial charge in [0.15, 0.2) is 0 Å². The van der Waals surface area contributed by atoms with Crippen LogP contribution >= 0.6 is 0 Å². The number of hydrogen-bond acceptors (Lipinski definition) is 4. The second-order valence-electron chi connectivity index (χ2n) is 6.91. The summed E-state index contributed by atoms with van der Waals surface area (Å²) in [6, 6.07) is 12.0. The Bertz CT molecular complexity index is 1010. The van der Waals surface area contributed by atoms with Crippen molar-refractivity contribution in [2.24, 2.45) is 0 Å². The van der Waals surface area contributed by atoms with Crippen LogP contribution in [-0.4, -0.2) is 25.0 Å². The average Bonchev–Trinajstić information content (AvgIpc) is 3.22. The van der Waals surface area contributed by atoms with Gasteiger partial charge in [-0.3, -0.25) is 9.67 Å². The molecule has 6 nitrogen and oxygen atoms in total. The Morgan fingerprint density at radius 1 is 1.12 bits per heavy atom. The predicted octanol–water partition coefficient (Wildman–Crippen LogP) is 3.38. The lowest BCUT2D eigenvalue weighted by molar-refractivity contribution is 0.404. The normalized spacial score (nSPS) is 11.9. The minimum absolute atomic E-state index is 0.0981. The van der Waals surface area contributed by atoms with Crippen molar-refractivity contribution in [3.63, 3.8) is 0 Å². The molecule has 0 atom stereocenters. The fourth-order valence-electron chi connectivity index (χ4n) is 3.17. The minimum Gasteiger partial charge on any atom is -0.397 e. The van der Waals surface area contributed by atoms with Crippen LogP contribution in [0.25, 0.3) is 22.3 Å². The Balaban J connectivity index is 1.62. The summed E-state index contributed by atoms with van der Waals surface area (Å²) in [5, 5.41) is 9.76. The van der Waals surface area contributed by atoms with Gasteiger partial charge in [-0.1, -0.05) is 37.3 Å². The Labute approximate surface area is 145 Å². The maximum Gasteiger partial charge on any atom is 0.131 e. The van der Waals surface area contributed by atoms with E-state index in [0.29, 0.717) is 5.69 Å². The Hall–Kier alpha value is -3.15. The molecule has 4 aromatic rings. The quantitative estimate of drug-likeness (QED) is 0.600. The van der Waals surface area contributed by atoms with Gasteiger partial charge in [0.1, 0.15) is 5.69 Å². The van der Waals surface area contributed by atoms with Gasteiger partial charge in [-0.25, -0.2) is 0 Å². The van der Waals surface area contributed by atoms with Gasteiger partial charge in [0.05, 0.1) is 30.3 Å². The van der Waals surface area contributed by atoms with Crippen molar-refractivity contribution in [1.82, 2.24) is 25.0 Å². The van der Waals surface area contributed by atoms with Gasteiger partial charge in [-0.2, -0.15) is 0 Å². The molecule has 6 heteroatoms. The lowest BCUT2D eigenvalue weighted by Crippen LogP contribution is -2.24. The highest BCUT2D eigenvalue weighted by molar-refractivity contribution is 5.84. The molecule has 0 saturated heterocycles. The Morgan fingerprint density at radius 3 is 2.76 bits per heavy atom. The summed E-state index contributed by atoms with van der Waals surface area (Å²) in [5.74, 6) is 0. The number of aromatic nitrogens is 5. The van der Waals surface area contributed by atoms with E-state index in [4.69, 9.17) is 5.73 Å². The third kappa shape index (κ3) is 2.87. The van der Waals surface area contributed by atoms with Crippen molar-refractivity contribution >= 4 is 16.6 Å². The highest BCUT2D eigenvalue weighted by Crippen LogP contribution is 2.31. The molecule has 0 radical (unpaired) electrons. The van der Waals surface area contributed by atoms with Crippen LogP contribution in [0.2, 0.25) is 0 Å². The SMILES string of the molecule is CC(C)(Cn1cc(-c2ccc(N)cn2)nn1)c1c[nH]c2ccccc12. The molecule has 126 valence electrons. The van der Waals surface area contributed by atoms with Gasteiger partial charge in [0, 0.05) is 22.5 Å². The van der Waals surface area contributed by atoms with E-state index in [1.165, 1.54) is 10.9 Å². The van der Waals surface area contributed by atoms with Crippen LogP contribution in [0.3, 0.4) is 0 Å². The number of aromatic amines is 1. The zero-order valence-electron chi connectivity index (χ0n) is 14.3. The van der Waals surface area contributed by atoms with Crippen LogP contribution in [0.4, 0.5) is 5.69 Å². The fourth-order valence-corrected chi connectivity index (χ4v) is 3.17. The largest absolute Gasteiger partial charge is 0.397 e. The summed E-state index contributed by atoms with van der Waals surface area (Å²) in [5.41, 5.74) is 10.2. The molecule has 0 aliphatic carbocycles. The predicted molar refractivity (Wildman–Crippen MR) is 99.0 cm³/mol. The van der Waals surface area contributed by atoms with Crippen LogP contribution in [0, 0.1) is 0 Å². The third-order valence-electron chi connectivity index (χ3n) is 4.46. The van der Waals surface area contributed by atoms with Gasteiger partial charge in [-0.15, -0.1) is 5.10 Å². The summed E-state index contributed by atoms with van der Waals surface area (Å²) >= 11 is 0. The topological polar surface area (TPSA) is 85.4 Å². The number of benzene rings is 1.